The first kappa shape index (κ1) is 18.5. The Labute approximate surface area is 160 Å². The molecule has 0 aromatic heterocycles. The predicted octanol–water partition coefficient (Wildman–Crippen LogP) is 4.65. The van der Waals surface area contributed by atoms with Crippen LogP contribution in [0.25, 0.3) is 0 Å². The highest BCUT2D eigenvalue weighted by atomic mass is 32.2. The number of hydrogen-bond acceptors (Lipinski definition) is 5. The third-order valence-corrected chi connectivity index (χ3v) is 5.09. The van der Waals surface area contributed by atoms with Crippen LogP contribution in [0.15, 0.2) is 83.8 Å². The molecule has 1 unspecified atom stereocenters. The van der Waals surface area contributed by atoms with Crippen molar-refractivity contribution >= 4 is 34.7 Å². The van der Waals surface area contributed by atoms with Crippen LogP contribution in [-0.2, 0) is 4.79 Å². The number of nitro groups is 1. The van der Waals surface area contributed by atoms with E-state index in [-0.39, 0.29) is 11.6 Å². The van der Waals surface area contributed by atoms with E-state index in [1.54, 1.807) is 12.1 Å². The maximum Gasteiger partial charge on any atom is 0.269 e. The van der Waals surface area contributed by atoms with Gasteiger partial charge < -0.3 is 11.1 Å². The smallest absolute Gasteiger partial charge is 0.269 e. The summed E-state index contributed by atoms with van der Waals surface area (Å²) in [6.45, 7) is 0. The van der Waals surface area contributed by atoms with Crippen LogP contribution in [0.3, 0.4) is 0 Å². The first-order chi connectivity index (χ1) is 13.0. The number of thioether (sulfide) groups is 1. The molecule has 6 nitrogen and oxygen atoms in total. The molecule has 7 heteroatoms. The number of nitrogens with zero attached hydrogens (tertiary/aromatic N) is 1. The topological polar surface area (TPSA) is 98.3 Å². The lowest BCUT2D eigenvalue weighted by molar-refractivity contribution is -0.384. The van der Waals surface area contributed by atoms with Gasteiger partial charge >= 0.3 is 0 Å². The second-order valence-electron chi connectivity index (χ2n) is 5.77. The summed E-state index contributed by atoms with van der Waals surface area (Å²) in [5, 5.41) is 13.1. The van der Waals surface area contributed by atoms with Crippen molar-refractivity contribution in [2.75, 3.05) is 11.1 Å². The lowest BCUT2D eigenvalue weighted by atomic mass is 10.1. The average Bonchev–Trinajstić information content (AvgIpc) is 2.68. The molecule has 136 valence electrons. The van der Waals surface area contributed by atoms with Crippen LogP contribution < -0.4 is 11.1 Å². The molecular weight excluding hydrogens is 362 g/mol. The normalized spacial score (nSPS) is 11.6. The highest BCUT2D eigenvalue weighted by molar-refractivity contribution is 8.00. The maximum atomic E-state index is 12.9. The molecule has 0 aliphatic carbocycles. The van der Waals surface area contributed by atoms with Crippen molar-refractivity contribution < 1.29 is 9.72 Å². The first-order valence-corrected chi connectivity index (χ1v) is 9.03. The van der Waals surface area contributed by atoms with Gasteiger partial charge in [0.1, 0.15) is 5.25 Å². The van der Waals surface area contributed by atoms with Gasteiger partial charge in [-0.15, -0.1) is 11.8 Å². The van der Waals surface area contributed by atoms with Crippen LogP contribution in [0, 0.1) is 10.1 Å². The summed E-state index contributed by atoms with van der Waals surface area (Å²) in [5.41, 5.74) is 7.73. The molecule has 0 saturated heterocycles. The van der Waals surface area contributed by atoms with Gasteiger partial charge in [-0.2, -0.15) is 0 Å². The van der Waals surface area contributed by atoms with E-state index in [1.165, 1.54) is 36.0 Å². The van der Waals surface area contributed by atoms with E-state index in [0.29, 0.717) is 11.4 Å². The molecule has 0 bridgehead atoms. The molecule has 0 saturated carbocycles. The van der Waals surface area contributed by atoms with Gasteiger partial charge in [0.25, 0.3) is 5.69 Å². The second kappa shape index (κ2) is 8.37. The van der Waals surface area contributed by atoms with E-state index in [9.17, 15) is 14.9 Å². The fourth-order valence-electron chi connectivity index (χ4n) is 2.46. The Morgan fingerprint density at radius 1 is 0.963 bits per heavy atom. The standard InChI is InChI=1S/C20H17N3O3S/c21-15-6-12-18(13-7-15)27-19(14-4-2-1-3-5-14)20(24)22-16-8-10-17(11-9-16)23(25)26/h1-13,19H,21H2,(H,22,24). The second-order valence-corrected chi connectivity index (χ2v) is 6.95. The van der Waals surface area contributed by atoms with E-state index >= 15 is 0 Å². The molecular formula is C20H17N3O3S. The van der Waals surface area contributed by atoms with Gasteiger partial charge in [0, 0.05) is 28.4 Å². The SMILES string of the molecule is Nc1ccc(SC(C(=O)Nc2ccc([N+](=O)[O-])cc2)c2ccccc2)cc1. The third-order valence-electron chi connectivity index (χ3n) is 3.82. The van der Waals surface area contributed by atoms with Crippen LogP contribution >= 0.6 is 11.8 Å². The summed E-state index contributed by atoms with van der Waals surface area (Å²) < 4.78 is 0. The molecule has 0 radical (unpaired) electrons. The largest absolute Gasteiger partial charge is 0.399 e. The Morgan fingerprint density at radius 3 is 2.19 bits per heavy atom. The van der Waals surface area contributed by atoms with Crippen molar-refractivity contribution in [3.63, 3.8) is 0 Å². The van der Waals surface area contributed by atoms with E-state index < -0.39 is 10.2 Å². The van der Waals surface area contributed by atoms with Crippen LogP contribution in [0.5, 0.6) is 0 Å². The Bertz CT molecular complexity index is 929. The minimum atomic E-state index is -0.481. The Balaban J connectivity index is 1.82. The quantitative estimate of drug-likeness (QED) is 0.281. The first-order valence-electron chi connectivity index (χ1n) is 8.15. The number of rotatable bonds is 6. The monoisotopic (exact) mass is 379 g/mol. The van der Waals surface area contributed by atoms with Crippen LogP contribution in [0.4, 0.5) is 17.1 Å². The summed E-state index contributed by atoms with van der Waals surface area (Å²) in [5.74, 6) is -0.211. The zero-order valence-electron chi connectivity index (χ0n) is 14.2. The predicted molar refractivity (Wildman–Crippen MR) is 108 cm³/mol. The van der Waals surface area contributed by atoms with Crippen molar-refractivity contribution in [2.24, 2.45) is 0 Å². The molecule has 3 rings (SSSR count). The van der Waals surface area contributed by atoms with Crippen LogP contribution in [-0.4, -0.2) is 10.8 Å². The Kier molecular flexibility index (Phi) is 5.73. The summed E-state index contributed by atoms with van der Waals surface area (Å²) in [6, 6.07) is 22.5. The van der Waals surface area contributed by atoms with E-state index in [0.717, 1.165) is 10.5 Å². The van der Waals surface area contributed by atoms with E-state index in [2.05, 4.69) is 5.32 Å². The number of nitro benzene ring substituents is 1. The molecule has 27 heavy (non-hydrogen) atoms. The van der Waals surface area contributed by atoms with Crippen molar-refractivity contribution in [3.8, 4) is 0 Å². The molecule has 0 heterocycles. The van der Waals surface area contributed by atoms with Gasteiger partial charge in [-0.1, -0.05) is 30.3 Å². The minimum absolute atomic E-state index is 0.0242. The molecule has 3 aromatic carbocycles. The Morgan fingerprint density at radius 2 is 1.59 bits per heavy atom. The van der Waals surface area contributed by atoms with Crippen molar-refractivity contribution in [2.45, 2.75) is 10.1 Å². The number of hydrogen-bond donors (Lipinski definition) is 2. The van der Waals surface area contributed by atoms with E-state index in [1.807, 2.05) is 42.5 Å². The molecule has 0 aliphatic heterocycles. The third kappa shape index (κ3) is 4.86. The number of nitrogen functional groups attached to an aromatic ring is 1. The number of anilines is 2. The van der Waals surface area contributed by atoms with Gasteiger partial charge in [-0.3, -0.25) is 14.9 Å². The highest BCUT2D eigenvalue weighted by Gasteiger charge is 2.22. The van der Waals surface area contributed by atoms with Crippen LogP contribution in [0.1, 0.15) is 10.8 Å². The molecule has 1 amide bonds. The fraction of sp³-hybridized carbons (Fsp3) is 0.0500. The average molecular weight is 379 g/mol. The lowest BCUT2D eigenvalue weighted by Crippen LogP contribution is -2.19. The number of carbonyl (C=O) groups is 1. The lowest BCUT2D eigenvalue weighted by Gasteiger charge is -2.17. The van der Waals surface area contributed by atoms with Gasteiger partial charge in [0.05, 0.1) is 4.92 Å². The number of non-ortho nitro benzene ring substituents is 1. The molecule has 1 atom stereocenters. The zero-order chi connectivity index (χ0) is 19.2. The Hall–Kier alpha value is -3.32. The van der Waals surface area contributed by atoms with Gasteiger partial charge in [-0.05, 0) is 42.0 Å². The summed E-state index contributed by atoms with van der Waals surface area (Å²) in [4.78, 5) is 24.1. The summed E-state index contributed by atoms with van der Waals surface area (Å²) in [6.07, 6.45) is 0. The maximum absolute atomic E-state index is 12.9. The molecule has 0 fully saturated rings. The summed E-state index contributed by atoms with van der Waals surface area (Å²) >= 11 is 1.41. The minimum Gasteiger partial charge on any atom is -0.399 e. The fourth-order valence-corrected chi connectivity index (χ4v) is 3.48. The molecule has 3 N–H and O–H groups in total. The van der Waals surface area contributed by atoms with Crippen molar-refractivity contribution in [1.82, 2.24) is 0 Å². The number of nitrogens with one attached hydrogen (secondary N) is 1. The van der Waals surface area contributed by atoms with Gasteiger partial charge in [-0.25, -0.2) is 0 Å². The van der Waals surface area contributed by atoms with E-state index in [4.69, 9.17) is 5.73 Å². The van der Waals surface area contributed by atoms with Gasteiger partial charge in [0.15, 0.2) is 0 Å². The molecule has 3 aromatic rings. The van der Waals surface area contributed by atoms with Crippen LogP contribution in [0.2, 0.25) is 0 Å². The van der Waals surface area contributed by atoms with Crippen molar-refractivity contribution in [3.05, 3.63) is 94.5 Å². The molecule has 0 aliphatic rings. The highest BCUT2D eigenvalue weighted by Crippen LogP contribution is 2.36. The summed E-state index contributed by atoms with van der Waals surface area (Å²) in [7, 11) is 0. The number of nitrogens with two attached hydrogens (primary N) is 1. The van der Waals surface area contributed by atoms with Gasteiger partial charge in [0.2, 0.25) is 5.91 Å². The number of carbonyl (C=O) groups excluding carboxylic acids is 1. The zero-order valence-corrected chi connectivity index (χ0v) is 15.1. The molecule has 0 spiro atoms. The number of amides is 1. The van der Waals surface area contributed by atoms with Crippen molar-refractivity contribution in [1.29, 1.82) is 0 Å². The number of benzene rings is 3.